The summed E-state index contributed by atoms with van der Waals surface area (Å²) in [5.41, 5.74) is 9.82. The summed E-state index contributed by atoms with van der Waals surface area (Å²) < 4.78 is 7.09. The van der Waals surface area contributed by atoms with Gasteiger partial charge in [-0.3, -0.25) is 14.2 Å². The minimum atomic E-state index is -0.590. The second kappa shape index (κ2) is 6.18. The highest BCUT2D eigenvalue weighted by molar-refractivity contribution is 6.03. The first-order chi connectivity index (χ1) is 13.1. The summed E-state index contributed by atoms with van der Waals surface area (Å²) in [7, 11) is 0. The fourth-order valence-electron chi connectivity index (χ4n) is 4.81. The van der Waals surface area contributed by atoms with E-state index in [9.17, 15) is 9.59 Å². The van der Waals surface area contributed by atoms with E-state index in [4.69, 9.17) is 15.1 Å². The Balaban J connectivity index is 1.75. The average molecular weight is 366 g/mol. The van der Waals surface area contributed by atoms with Crippen molar-refractivity contribution in [1.29, 1.82) is 0 Å². The molecule has 3 heterocycles. The lowest BCUT2D eigenvalue weighted by molar-refractivity contribution is -0.118. The molecule has 7 nitrogen and oxygen atoms in total. The van der Waals surface area contributed by atoms with Crippen molar-refractivity contribution in [3.63, 3.8) is 0 Å². The van der Waals surface area contributed by atoms with E-state index in [-0.39, 0.29) is 17.7 Å². The molecule has 3 aromatic heterocycles. The van der Waals surface area contributed by atoms with E-state index in [1.165, 1.54) is 59.8 Å². The number of rotatable bonds is 3. The predicted octanol–water partition coefficient (Wildman–Crippen LogP) is 2.56. The van der Waals surface area contributed by atoms with Crippen molar-refractivity contribution in [3.05, 3.63) is 33.5 Å². The van der Waals surface area contributed by atoms with E-state index in [1.807, 2.05) is 0 Å². The van der Waals surface area contributed by atoms with Gasteiger partial charge in [-0.15, -0.1) is 0 Å². The number of furan rings is 1. The van der Waals surface area contributed by atoms with Crippen LogP contribution in [0.5, 0.6) is 0 Å². The predicted molar refractivity (Wildman–Crippen MR) is 101 cm³/mol. The number of hydrogen-bond donors (Lipinski definition) is 1. The molecule has 2 aliphatic rings. The normalized spacial score (nSPS) is 17.6. The topological polar surface area (TPSA) is 104 Å². The molecule has 1 saturated carbocycles. The molecular formula is C20H22N4O3. The van der Waals surface area contributed by atoms with Gasteiger partial charge in [0.1, 0.15) is 12.1 Å². The highest BCUT2D eigenvalue weighted by Gasteiger charge is 2.29. The van der Waals surface area contributed by atoms with E-state index in [2.05, 4.69) is 4.98 Å². The standard InChI is InChI=1S/C20H22N4O3/c21-14(25)9-24-10-22-17-15-12-7-4-8-13(12)16(11-5-2-1-3-6-11)23-19(15)27-18(17)20(24)26/h10-11H,1-9H2,(H2,21,25). The summed E-state index contributed by atoms with van der Waals surface area (Å²) in [6.07, 6.45) is 10.6. The second-order valence-electron chi connectivity index (χ2n) is 7.75. The first kappa shape index (κ1) is 16.5. The third kappa shape index (κ3) is 2.56. The van der Waals surface area contributed by atoms with Gasteiger partial charge >= 0.3 is 0 Å². The number of amides is 1. The van der Waals surface area contributed by atoms with Gasteiger partial charge in [0.2, 0.25) is 17.2 Å². The number of aromatic nitrogens is 3. The van der Waals surface area contributed by atoms with Gasteiger partial charge in [-0.2, -0.15) is 0 Å². The van der Waals surface area contributed by atoms with E-state index in [0.29, 0.717) is 17.1 Å². The number of fused-ring (bicyclic) bond motifs is 5. The van der Waals surface area contributed by atoms with Crippen molar-refractivity contribution >= 4 is 28.1 Å². The molecule has 3 aromatic rings. The number of carbonyl (C=O) groups excluding carboxylic acids is 1. The third-order valence-corrected chi connectivity index (χ3v) is 6.01. The smallest absolute Gasteiger partial charge is 0.297 e. The van der Waals surface area contributed by atoms with Crippen molar-refractivity contribution in [3.8, 4) is 0 Å². The Morgan fingerprint density at radius 1 is 1.19 bits per heavy atom. The van der Waals surface area contributed by atoms with E-state index in [1.54, 1.807) is 0 Å². The number of carbonyl (C=O) groups is 1. The van der Waals surface area contributed by atoms with Crippen LogP contribution in [0.25, 0.3) is 22.2 Å². The summed E-state index contributed by atoms with van der Waals surface area (Å²) in [5.74, 6) is -0.101. The van der Waals surface area contributed by atoms with Gasteiger partial charge < -0.3 is 10.2 Å². The third-order valence-electron chi connectivity index (χ3n) is 6.01. The van der Waals surface area contributed by atoms with Gasteiger partial charge in [-0.25, -0.2) is 9.97 Å². The van der Waals surface area contributed by atoms with Crippen LogP contribution in [0.2, 0.25) is 0 Å². The number of pyridine rings is 1. The summed E-state index contributed by atoms with van der Waals surface area (Å²) in [4.78, 5) is 33.2. The molecule has 0 aliphatic heterocycles. The van der Waals surface area contributed by atoms with Crippen LogP contribution in [-0.2, 0) is 24.2 Å². The van der Waals surface area contributed by atoms with Gasteiger partial charge in [0, 0.05) is 5.92 Å². The minimum absolute atomic E-state index is 0.163. The number of nitrogens with zero attached hydrogens (tertiary/aromatic N) is 3. The zero-order valence-electron chi connectivity index (χ0n) is 15.2. The molecule has 0 atom stereocenters. The summed E-state index contributed by atoms with van der Waals surface area (Å²) in [5, 5.41) is 0.875. The monoisotopic (exact) mass is 366 g/mol. The second-order valence-corrected chi connectivity index (χ2v) is 7.75. The fraction of sp³-hybridized carbons (Fsp3) is 0.500. The molecule has 27 heavy (non-hydrogen) atoms. The highest BCUT2D eigenvalue weighted by Crippen LogP contribution is 2.41. The molecule has 0 radical (unpaired) electrons. The lowest BCUT2D eigenvalue weighted by atomic mass is 9.84. The molecule has 140 valence electrons. The average Bonchev–Trinajstić information content (AvgIpc) is 3.28. The largest absolute Gasteiger partial charge is 0.430 e. The van der Waals surface area contributed by atoms with Crippen LogP contribution in [0.4, 0.5) is 0 Å². The van der Waals surface area contributed by atoms with Crippen molar-refractivity contribution in [2.24, 2.45) is 5.73 Å². The quantitative estimate of drug-likeness (QED) is 0.767. The maximum absolute atomic E-state index is 12.7. The van der Waals surface area contributed by atoms with Crippen molar-refractivity contribution in [2.75, 3.05) is 0 Å². The Bertz CT molecular complexity index is 1120. The lowest BCUT2D eigenvalue weighted by Crippen LogP contribution is -2.27. The summed E-state index contributed by atoms with van der Waals surface area (Å²) in [6.45, 7) is -0.211. The van der Waals surface area contributed by atoms with Crippen LogP contribution in [0.3, 0.4) is 0 Å². The van der Waals surface area contributed by atoms with Crippen LogP contribution < -0.4 is 11.3 Å². The van der Waals surface area contributed by atoms with Gasteiger partial charge in [0.15, 0.2) is 0 Å². The van der Waals surface area contributed by atoms with Gasteiger partial charge in [0.05, 0.1) is 17.4 Å². The maximum atomic E-state index is 12.7. The van der Waals surface area contributed by atoms with Crippen LogP contribution in [-0.4, -0.2) is 20.4 Å². The number of aryl methyl sites for hydroxylation is 1. The summed E-state index contributed by atoms with van der Waals surface area (Å²) >= 11 is 0. The maximum Gasteiger partial charge on any atom is 0.297 e. The molecule has 2 aliphatic carbocycles. The van der Waals surface area contributed by atoms with Crippen molar-refractivity contribution in [1.82, 2.24) is 14.5 Å². The zero-order chi connectivity index (χ0) is 18.5. The molecule has 0 saturated heterocycles. The molecule has 7 heteroatoms. The van der Waals surface area contributed by atoms with Gasteiger partial charge in [0.25, 0.3) is 5.56 Å². The molecular weight excluding hydrogens is 344 g/mol. The Labute approximate surface area is 155 Å². The van der Waals surface area contributed by atoms with Crippen LogP contribution in [0.15, 0.2) is 15.5 Å². The minimum Gasteiger partial charge on any atom is -0.430 e. The summed E-state index contributed by atoms with van der Waals surface area (Å²) in [6, 6.07) is 0. The van der Waals surface area contributed by atoms with Crippen LogP contribution in [0, 0.1) is 0 Å². The Kier molecular flexibility index (Phi) is 3.77. The van der Waals surface area contributed by atoms with Crippen molar-refractivity contribution in [2.45, 2.75) is 63.8 Å². The Morgan fingerprint density at radius 2 is 1.96 bits per heavy atom. The Morgan fingerprint density at radius 3 is 2.74 bits per heavy atom. The highest BCUT2D eigenvalue weighted by atomic mass is 16.3. The lowest BCUT2D eigenvalue weighted by Gasteiger charge is -2.23. The Hall–Kier alpha value is -2.70. The molecule has 0 bridgehead atoms. The molecule has 2 N–H and O–H groups in total. The first-order valence-electron chi connectivity index (χ1n) is 9.75. The molecule has 1 amide bonds. The van der Waals surface area contributed by atoms with Crippen LogP contribution >= 0.6 is 0 Å². The molecule has 5 rings (SSSR count). The molecule has 0 unspecified atom stereocenters. The number of primary amides is 1. The SMILES string of the molecule is NC(=O)Cn1cnc2c(oc3nc(C4CCCCC4)c4c(c32)CCC4)c1=O. The molecule has 0 aromatic carbocycles. The number of nitrogens with two attached hydrogens (primary N) is 1. The van der Waals surface area contributed by atoms with E-state index < -0.39 is 5.91 Å². The fourth-order valence-corrected chi connectivity index (χ4v) is 4.81. The van der Waals surface area contributed by atoms with Crippen LogP contribution in [0.1, 0.15) is 61.3 Å². The van der Waals surface area contributed by atoms with Gasteiger partial charge in [-0.05, 0) is 43.2 Å². The van der Waals surface area contributed by atoms with E-state index >= 15 is 0 Å². The number of hydrogen-bond acceptors (Lipinski definition) is 5. The van der Waals surface area contributed by atoms with Crippen molar-refractivity contribution < 1.29 is 9.21 Å². The molecule has 1 fully saturated rings. The van der Waals surface area contributed by atoms with E-state index in [0.717, 1.165) is 24.6 Å². The molecule has 0 spiro atoms. The van der Waals surface area contributed by atoms with Gasteiger partial charge in [-0.1, -0.05) is 19.3 Å². The first-order valence-corrected chi connectivity index (χ1v) is 9.75. The zero-order valence-corrected chi connectivity index (χ0v) is 15.2.